The number of rotatable bonds is 7. The van der Waals surface area contributed by atoms with Gasteiger partial charge in [-0.05, 0) is 36.7 Å². The first-order valence-corrected chi connectivity index (χ1v) is 7.31. The lowest BCUT2D eigenvalue weighted by atomic mass is 9.91. The van der Waals surface area contributed by atoms with Crippen molar-refractivity contribution in [3.8, 4) is 5.75 Å². The Hall–Kier alpha value is -1.84. The maximum atomic E-state index is 9.95. The fourth-order valence-electron chi connectivity index (χ4n) is 2.44. The van der Waals surface area contributed by atoms with Crippen molar-refractivity contribution >= 4 is 0 Å². The van der Waals surface area contributed by atoms with E-state index < -0.39 is 5.54 Å². The van der Waals surface area contributed by atoms with Gasteiger partial charge in [-0.25, -0.2) is 0 Å². The Morgan fingerprint density at radius 3 is 2.48 bits per heavy atom. The van der Waals surface area contributed by atoms with Crippen LogP contribution in [0.25, 0.3) is 0 Å². The Kier molecular flexibility index (Phi) is 5.37. The van der Waals surface area contributed by atoms with Crippen molar-refractivity contribution in [2.24, 2.45) is 0 Å². The second-order valence-electron chi connectivity index (χ2n) is 5.24. The second-order valence-corrected chi connectivity index (χ2v) is 5.24. The van der Waals surface area contributed by atoms with Gasteiger partial charge in [-0.15, -0.1) is 0 Å². The number of nitrogens with one attached hydrogen (secondary N) is 1. The first-order valence-electron chi connectivity index (χ1n) is 7.31. The number of ether oxygens (including phenoxy) is 1. The SMILES string of the molecule is CCNC(CO)(COc1cccc(C)c1)c1ccccc1. The van der Waals surface area contributed by atoms with Crippen molar-refractivity contribution in [3.05, 3.63) is 65.7 Å². The van der Waals surface area contributed by atoms with Gasteiger partial charge in [0.15, 0.2) is 0 Å². The number of hydrogen-bond donors (Lipinski definition) is 2. The first kappa shape index (κ1) is 15.5. The quantitative estimate of drug-likeness (QED) is 0.822. The molecule has 21 heavy (non-hydrogen) atoms. The van der Waals surface area contributed by atoms with Crippen molar-refractivity contribution in [1.82, 2.24) is 5.32 Å². The monoisotopic (exact) mass is 285 g/mol. The van der Waals surface area contributed by atoms with Gasteiger partial charge in [-0.1, -0.05) is 49.4 Å². The number of benzene rings is 2. The van der Waals surface area contributed by atoms with E-state index in [9.17, 15) is 5.11 Å². The average Bonchev–Trinajstić information content (AvgIpc) is 2.52. The molecule has 0 radical (unpaired) electrons. The standard InChI is InChI=1S/C18H23NO2/c1-3-19-18(13-20,16-9-5-4-6-10-16)14-21-17-11-7-8-15(2)12-17/h4-12,19-20H,3,13-14H2,1-2H3. The molecule has 2 rings (SSSR count). The summed E-state index contributed by atoms with van der Waals surface area (Å²) < 4.78 is 5.93. The molecule has 0 saturated heterocycles. The van der Waals surface area contributed by atoms with Crippen LogP contribution in [-0.4, -0.2) is 24.9 Å². The minimum atomic E-state index is -0.584. The number of hydrogen-bond acceptors (Lipinski definition) is 3. The Morgan fingerprint density at radius 2 is 1.86 bits per heavy atom. The van der Waals surface area contributed by atoms with Crippen LogP contribution in [0.15, 0.2) is 54.6 Å². The highest BCUT2D eigenvalue weighted by molar-refractivity contribution is 5.29. The van der Waals surface area contributed by atoms with Gasteiger partial charge in [0.1, 0.15) is 17.9 Å². The van der Waals surface area contributed by atoms with Crippen LogP contribution in [0.4, 0.5) is 0 Å². The number of aliphatic hydroxyl groups is 1. The lowest BCUT2D eigenvalue weighted by molar-refractivity contribution is 0.103. The minimum absolute atomic E-state index is 0.0172. The van der Waals surface area contributed by atoms with E-state index in [1.54, 1.807) is 0 Å². The van der Waals surface area contributed by atoms with E-state index in [2.05, 4.69) is 5.32 Å². The third kappa shape index (κ3) is 3.84. The molecule has 0 aromatic heterocycles. The summed E-state index contributed by atoms with van der Waals surface area (Å²) in [5.41, 5.74) is 1.60. The zero-order valence-electron chi connectivity index (χ0n) is 12.7. The molecule has 0 fully saturated rings. The highest BCUT2D eigenvalue weighted by Crippen LogP contribution is 2.23. The fourth-order valence-corrected chi connectivity index (χ4v) is 2.44. The topological polar surface area (TPSA) is 41.5 Å². The molecule has 3 nitrogen and oxygen atoms in total. The second kappa shape index (κ2) is 7.25. The van der Waals surface area contributed by atoms with Gasteiger partial charge in [0, 0.05) is 0 Å². The van der Waals surface area contributed by atoms with E-state index in [1.165, 1.54) is 0 Å². The molecule has 0 aliphatic rings. The molecule has 2 aromatic carbocycles. The zero-order chi connectivity index (χ0) is 15.1. The molecule has 2 aromatic rings. The molecular formula is C18H23NO2. The molecule has 0 amide bonds. The maximum absolute atomic E-state index is 9.95. The molecule has 112 valence electrons. The summed E-state index contributed by atoms with van der Waals surface area (Å²) in [7, 11) is 0. The molecule has 0 aliphatic carbocycles. The zero-order valence-corrected chi connectivity index (χ0v) is 12.7. The van der Waals surface area contributed by atoms with E-state index in [4.69, 9.17) is 4.74 Å². The summed E-state index contributed by atoms with van der Waals surface area (Å²) in [6.45, 7) is 5.18. The third-order valence-corrected chi connectivity index (χ3v) is 3.59. The molecular weight excluding hydrogens is 262 g/mol. The normalized spacial score (nSPS) is 13.7. The van der Waals surface area contributed by atoms with Gasteiger partial charge in [0.2, 0.25) is 0 Å². The van der Waals surface area contributed by atoms with Gasteiger partial charge in [0.25, 0.3) is 0 Å². The van der Waals surface area contributed by atoms with E-state index >= 15 is 0 Å². The number of likely N-dealkylation sites (N-methyl/N-ethyl adjacent to an activating group) is 1. The Labute approximate surface area is 126 Å². The summed E-state index contributed by atoms with van der Waals surface area (Å²) >= 11 is 0. The average molecular weight is 285 g/mol. The van der Waals surface area contributed by atoms with Crippen molar-refractivity contribution in [2.75, 3.05) is 19.8 Å². The summed E-state index contributed by atoms with van der Waals surface area (Å²) in [6.07, 6.45) is 0. The Morgan fingerprint density at radius 1 is 1.10 bits per heavy atom. The Balaban J connectivity index is 2.20. The van der Waals surface area contributed by atoms with Crippen LogP contribution < -0.4 is 10.1 Å². The highest BCUT2D eigenvalue weighted by Gasteiger charge is 2.31. The van der Waals surface area contributed by atoms with Crippen LogP contribution >= 0.6 is 0 Å². The van der Waals surface area contributed by atoms with Gasteiger partial charge in [-0.3, -0.25) is 0 Å². The van der Waals surface area contributed by atoms with Crippen molar-refractivity contribution in [2.45, 2.75) is 19.4 Å². The fraction of sp³-hybridized carbons (Fsp3) is 0.333. The predicted octanol–water partition coefficient (Wildman–Crippen LogP) is 2.87. The van der Waals surface area contributed by atoms with Gasteiger partial charge in [0.05, 0.1) is 6.61 Å². The van der Waals surface area contributed by atoms with E-state index in [0.717, 1.165) is 23.4 Å². The molecule has 2 N–H and O–H groups in total. The van der Waals surface area contributed by atoms with Crippen LogP contribution in [-0.2, 0) is 5.54 Å². The van der Waals surface area contributed by atoms with Crippen LogP contribution in [0.5, 0.6) is 5.75 Å². The molecule has 0 heterocycles. The third-order valence-electron chi connectivity index (χ3n) is 3.59. The predicted molar refractivity (Wildman–Crippen MR) is 85.6 cm³/mol. The highest BCUT2D eigenvalue weighted by atomic mass is 16.5. The minimum Gasteiger partial charge on any atom is -0.491 e. The first-order chi connectivity index (χ1) is 10.2. The Bertz CT molecular complexity index is 556. The summed E-state index contributed by atoms with van der Waals surface area (Å²) in [5.74, 6) is 0.821. The van der Waals surface area contributed by atoms with E-state index in [0.29, 0.717) is 6.61 Å². The molecule has 3 heteroatoms. The van der Waals surface area contributed by atoms with E-state index in [1.807, 2.05) is 68.4 Å². The molecule has 0 bridgehead atoms. The largest absolute Gasteiger partial charge is 0.491 e. The van der Waals surface area contributed by atoms with Crippen LogP contribution in [0.3, 0.4) is 0 Å². The lowest BCUT2D eigenvalue weighted by Crippen LogP contribution is -2.50. The summed E-state index contributed by atoms with van der Waals surface area (Å²) in [6, 6.07) is 17.9. The molecule has 1 atom stereocenters. The van der Waals surface area contributed by atoms with Crippen LogP contribution in [0.1, 0.15) is 18.1 Å². The summed E-state index contributed by atoms with van der Waals surface area (Å²) in [5, 5.41) is 13.3. The van der Waals surface area contributed by atoms with Gasteiger partial charge in [-0.2, -0.15) is 0 Å². The molecule has 0 saturated carbocycles. The van der Waals surface area contributed by atoms with Crippen LogP contribution in [0.2, 0.25) is 0 Å². The number of aliphatic hydroxyl groups excluding tert-OH is 1. The molecule has 0 aliphatic heterocycles. The van der Waals surface area contributed by atoms with Gasteiger partial charge < -0.3 is 15.2 Å². The summed E-state index contributed by atoms with van der Waals surface area (Å²) in [4.78, 5) is 0. The molecule has 0 spiro atoms. The molecule has 1 unspecified atom stereocenters. The van der Waals surface area contributed by atoms with Crippen molar-refractivity contribution < 1.29 is 9.84 Å². The van der Waals surface area contributed by atoms with E-state index in [-0.39, 0.29) is 6.61 Å². The van der Waals surface area contributed by atoms with Crippen molar-refractivity contribution in [1.29, 1.82) is 0 Å². The van der Waals surface area contributed by atoms with Crippen LogP contribution in [0, 0.1) is 6.92 Å². The smallest absolute Gasteiger partial charge is 0.119 e. The van der Waals surface area contributed by atoms with Crippen molar-refractivity contribution in [3.63, 3.8) is 0 Å². The lowest BCUT2D eigenvalue weighted by Gasteiger charge is -2.33. The number of aryl methyl sites for hydroxylation is 1. The van der Waals surface area contributed by atoms with Gasteiger partial charge >= 0.3 is 0 Å². The maximum Gasteiger partial charge on any atom is 0.119 e.